The Morgan fingerprint density at radius 3 is 2.41 bits per heavy atom. The number of benzene rings is 1. The van der Waals surface area contributed by atoms with Crippen molar-refractivity contribution < 1.29 is 22.7 Å². The van der Waals surface area contributed by atoms with Gasteiger partial charge in [0.15, 0.2) is 0 Å². The third kappa shape index (κ3) is 3.55. The van der Waals surface area contributed by atoms with Crippen LogP contribution in [0.5, 0.6) is 0 Å². The predicted octanol–water partition coefficient (Wildman–Crippen LogP) is 2.50. The molecule has 1 heterocycles. The third-order valence-corrected chi connectivity index (χ3v) is 5.38. The quantitative estimate of drug-likeness (QED) is 0.882. The van der Waals surface area contributed by atoms with Crippen LogP contribution >= 0.6 is 0 Å². The Balaban J connectivity index is 2.14. The molecule has 0 fully saturated rings. The van der Waals surface area contributed by atoms with E-state index >= 15 is 0 Å². The number of hydrogen-bond donors (Lipinski definition) is 1. The van der Waals surface area contributed by atoms with Gasteiger partial charge in [-0.1, -0.05) is 12.1 Å². The Kier molecular flexibility index (Phi) is 4.68. The minimum absolute atomic E-state index is 0.124. The van der Waals surface area contributed by atoms with Crippen molar-refractivity contribution in [2.75, 3.05) is 7.05 Å². The van der Waals surface area contributed by atoms with E-state index in [1.165, 1.54) is 41.9 Å². The van der Waals surface area contributed by atoms with Gasteiger partial charge in [-0.25, -0.2) is 13.2 Å². The zero-order valence-electron chi connectivity index (χ0n) is 12.3. The highest BCUT2D eigenvalue weighted by atomic mass is 32.2. The molecule has 0 aliphatic heterocycles. The van der Waals surface area contributed by atoms with Gasteiger partial charge in [-0.2, -0.15) is 4.31 Å². The van der Waals surface area contributed by atoms with Gasteiger partial charge in [-0.05, 0) is 36.8 Å². The number of carboxylic acid groups (broad SMARTS) is 1. The first kappa shape index (κ1) is 16.3. The molecule has 1 N–H and O–H groups in total. The summed E-state index contributed by atoms with van der Waals surface area (Å²) in [5.74, 6) is -0.681. The fourth-order valence-corrected chi connectivity index (χ4v) is 3.41. The minimum Gasteiger partial charge on any atom is -0.478 e. The highest BCUT2D eigenvalue weighted by molar-refractivity contribution is 7.88. The van der Waals surface area contributed by atoms with Crippen LogP contribution in [0.1, 0.15) is 34.6 Å². The van der Waals surface area contributed by atoms with Gasteiger partial charge >= 0.3 is 5.97 Å². The molecule has 118 valence electrons. The second kappa shape index (κ2) is 6.33. The smallest absolute Gasteiger partial charge is 0.335 e. The number of carbonyl (C=O) groups is 1. The van der Waals surface area contributed by atoms with Crippen molar-refractivity contribution >= 4 is 16.0 Å². The molecule has 0 aliphatic carbocycles. The lowest BCUT2D eigenvalue weighted by atomic mass is 10.1. The molecule has 1 atom stereocenters. The van der Waals surface area contributed by atoms with Crippen molar-refractivity contribution in [1.29, 1.82) is 0 Å². The summed E-state index contributed by atoms with van der Waals surface area (Å²) in [6, 6.07) is 8.80. The number of furan rings is 1. The summed E-state index contributed by atoms with van der Waals surface area (Å²) in [6.07, 6.45) is 1.50. The summed E-state index contributed by atoms with van der Waals surface area (Å²) in [5, 5.41) is 8.84. The van der Waals surface area contributed by atoms with E-state index in [0.717, 1.165) is 0 Å². The molecular weight excluding hydrogens is 306 g/mol. The molecule has 0 radical (unpaired) electrons. The molecular formula is C15H17NO5S. The average Bonchev–Trinajstić information content (AvgIpc) is 3.00. The van der Waals surface area contributed by atoms with E-state index in [1.54, 1.807) is 19.1 Å². The monoisotopic (exact) mass is 323 g/mol. The summed E-state index contributed by atoms with van der Waals surface area (Å²) in [7, 11) is -2.05. The molecule has 2 aromatic rings. The first-order valence-electron chi connectivity index (χ1n) is 6.62. The summed E-state index contributed by atoms with van der Waals surface area (Å²) < 4.78 is 31.3. The van der Waals surface area contributed by atoms with Crippen molar-refractivity contribution in [3.05, 3.63) is 59.5 Å². The van der Waals surface area contributed by atoms with E-state index in [2.05, 4.69) is 0 Å². The van der Waals surface area contributed by atoms with Crippen LogP contribution in [0.3, 0.4) is 0 Å². The number of sulfonamides is 1. The highest BCUT2D eigenvalue weighted by Gasteiger charge is 2.26. The van der Waals surface area contributed by atoms with Crippen LogP contribution < -0.4 is 0 Å². The maximum absolute atomic E-state index is 12.4. The first-order chi connectivity index (χ1) is 10.3. The summed E-state index contributed by atoms with van der Waals surface area (Å²) in [6.45, 7) is 1.74. The maximum atomic E-state index is 12.4. The van der Waals surface area contributed by atoms with E-state index in [1.807, 2.05) is 0 Å². The third-order valence-electron chi connectivity index (χ3n) is 3.49. The SMILES string of the molecule is CC(c1ccco1)N(C)S(=O)(=O)Cc1ccc(C(=O)O)cc1. The van der Waals surface area contributed by atoms with Crippen molar-refractivity contribution in [3.8, 4) is 0 Å². The van der Waals surface area contributed by atoms with Gasteiger partial charge in [0, 0.05) is 7.05 Å². The molecule has 0 amide bonds. The number of nitrogens with zero attached hydrogens (tertiary/aromatic N) is 1. The second-order valence-electron chi connectivity index (χ2n) is 4.97. The van der Waals surface area contributed by atoms with Crippen molar-refractivity contribution in [2.24, 2.45) is 0 Å². The Labute approximate surface area is 129 Å². The lowest BCUT2D eigenvalue weighted by molar-refractivity contribution is 0.0697. The first-order valence-corrected chi connectivity index (χ1v) is 8.23. The molecule has 1 aromatic carbocycles. The zero-order valence-corrected chi connectivity index (χ0v) is 13.1. The normalized spacial score (nSPS) is 13.2. The Morgan fingerprint density at radius 1 is 1.27 bits per heavy atom. The minimum atomic E-state index is -3.55. The molecule has 0 spiro atoms. The van der Waals surface area contributed by atoms with Gasteiger partial charge in [0.25, 0.3) is 0 Å². The molecule has 6 nitrogen and oxygen atoms in total. The molecule has 0 bridgehead atoms. The van der Waals surface area contributed by atoms with Gasteiger partial charge in [0.05, 0.1) is 23.6 Å². The molecule has 7 heteroatoms. The molecule has 2 rings (SSSR count). The van der Waals surface area contributed by atoms with Gasteiger partial charge in [-0.15, -0.1) is 0 Å². The van der Waals surface area contributed by atoms with Crippen molar-refractivity contribution in [1.82, 2.24) is 4.31 Å². The molecule has 0 saturated carbocycles. The molecule has 1 unspecified atom stereocenters. The molecule has 1 aromatic heterocycles. The van der Waals surface area contributed by atoms with E-state index in [9.17, 15) is 13.2 Å². The van der Waals surface area contributed by atoms with Crippen LogP contribution in [0.4, 0.5) is 0 Å². The summed E-state index contributed by atoms with van der Waals surface area (Å²) in [4.78, 5) is 10.8. The lowest BCUT2D eigenvalue weighted by Crippen LogP contribution is -2.30. The van der Waals surface area contributed by atoms with Gasteiger partial charge < -0.3 is 9.52 Å². The van der Waals surface area contributed by atoms with Crippen LogP contribution in [0, 0.1) is 0 Å². The number of rotatable bonds is 6. The van der Waals surface area contributed by atoms with Crippen LogP contribution in [0.25, 0.3) is 0 Å². The Bertz CT molecular complexity index is 735. The topological polar surface area (TPSA) is 87.8 Å². The van der Waals surface area contributed by atoms with E-state index in [0.29, 0.717) is 11.3 Å². The van der Waals surface area contributed by atoms with Gasteiger partial charge in [0.2, 0.25) is 10.0 Å². The Hall–Kier alpha value is -2.12. The van der Waals surface area contributed by atoms with Crippen LogP contribution in [-0.4, -0.2) is 30.8 Å². The van der Waals surface area contributed by atoms with Crippen molar-refractivity contribution in [2.45, 2.75) is 18.7 Å². The van der Waals surface area contributed by atoms with E-state index in [-0.39, 0.29) is 11.3 Å². The largest absolute Gasteiger partial charge is 0.478 e. The molecule has 0 aliphatic rings. The van der Waals surface area contributed by atoms with Gasteiger partial charge in [0.1, 0.15) is 5.76 Å². The average molecular weight is 323 g/mol. The number of carboxylic acids is 1. The fourth-order valence-electron chi connectivity index (χ4n) is 2.01. The zero-order chi connectivity index (χ0) is 16.3. The lowest BCUT2D eigenvalue weighted by Gasteiger charge is -2.22. The van der Waals surface area contributed by atoms with Crippen LogP contribution in [0.2, 0.25) is 0 Å². The van der Waals surface area contributed by atoms with Crippen molar-refractivity contribution in [3.63, 3.8) is 0 Å². The molecule has 0 saturated heterocycles. The van der Waals surface area contributed by atoms with Gasteiger partial charge in [-0.3, -0.25) is 0 Å². The standard InChI is InChI=1S/C15H17NO5S/c1-11(14-4-3-9-21-14)16(2)22(19,20)10-12-5-7-13(8-6-12)15(17)18/h3-9,11H,10H2,1-2H3,(H,17,18). The summed E-state index contributed by atoms with van der Waals surface area (Å²) >= 11 is 0. The second-order valence-corrected chi connectivity index (χ2v) is 6.99. The number of aromatic carboxylic acids is 1. The maximum Gasteiger partial charge on any atom is 0.335 e. The molecule has 22 heavy (non-hydrogen) atoms. The van der Waals surface area contributed by atoms with E-state index in [4.69, 9.17) is 9.52 Å². The highest BCUT2D eigenvalue weighted by Crippen LogP contribution is 2.23. The van der Waals surface area contributed by atoms with Crippen LogP contribution in [-0.2, 0) is 15.8 Å². The van der Waals surface area contributed by atoms with Crippen LogP contribution in [0.15, 0.2) is 47.1 Å². The summed E-state index contributed by atoms with van der Waals surface area (Å²) in [5.41, 5.74) is 0.655. The fraction of sp³-hybridized carbons (Fsp3) is 0.267. The Morgan fingerprint density at radius 2 is 1.91 bits per heavy atom. The predicted molar refractivity (Wildman–Crippen MR) is 80.9 cm³/mol. The number of hydrogen-bond acceptors (Lipinski definition) is 4. The van der Waals surface area contributed by atoms with E-state index < -0.39 is 22.0 Å².